The van der Waals surface area contributed by atoms with E-state index in [0.717, 1.165) is 19.1 Å². The number of nitrogens with zero attached hydrogens (tertiary/aromatic N) is 1. The number of fused-ring (bicyclic) bond motifs is 1. The van der Waals surface area contributed by atoms with E-state index >= 15 is 0 Å². The number of aromatic nitrogens is 1. The van der Waals surface area contributed by atoms with Crippen molar-refractivity contribution in [3.05, 3.63) is 72.1 Å². The fourth-order valence-corrected chi connectivity index (χ4v) is 2.87. The first-order valence-corrected chi connectivity index (χ1v) is 7.73. The molecule has 2 aromatic carbocycles. The minimum absolute atomic E-state index is 0.770. The molecule has 3 aromatic rings. The minimum atomic E-state index is 0.770. The third-order valence-electron chi connectivity index (χ3n) is 4.22. The highest BCUT2D eigenvalue weighted by Crippen LogP contribution is 2.21. The van der Waals surface area contributed by atoms with Crippen molar-refractivity contribution < 1.29 is 0 Å². The molecule has 1 saturated carbocycles. The third-order valence-corrected chi connectivity index (χ3v) is 4.22. The van der Waals surface area contributed by atoms with Gasteiger partial charge < -0.3 is 9.88 Å². The SMILES string of the molecule is c1ccc2c(Cn3ccc(CNC4CC4)c3)cccc2c1. The fraction of sp³-hybridized carbons (Fsp3) is 0.263. The van der Waals surface area contributed by atoms with Crippen molar-refractivity contribution in [1.82, 2.24) is 9.88 Å². The molecule has 1 N–H and O–H groups in total. The minimum Gasteiger partial charge on any atom is -0.350 e. The van der Waals surface area contributed by atoms with E-state index in [1.165, 1.54) is 34.7 Å². The molecule has 0 aliphatic heterocycles. The number of hydrogen-bond acceptors (Lipinski definition) is 1. The summed E-state index contributed by atoms with van der Waals surface area (Å²) >= 11 is 0. The van der Waals surface area contributed by atoms with Crippen LogP contribution in [0.25, 0.3) is 10.8 Å². The quantitative estimate of drug-likeness (QED) is 0.747. The molecule has 1 fully saturated rings. The molecule has 0 atom stereocenters. The molecule has 106 valence electrons. The van der Waals surface area contributed by atoms with Gasteiger partial charge >= 0.3 is 0 Å². The molecule has 0 unspecified atom stereocenters. The van der Waals surface area contributed by atoms with Crippen molar-refractivity contribution in [3.8, 4) is 0 Å². The highest BCUT2D eigenvalue weighted by atomic mass is 15.0. The molecule has 1 heterocycles. The lowest BCUT2D eigenvalue weighted by Crippen LogP contribution is -2.14. The molecular formula is C19H20N2. The van der Waals surface area contributed by atoms with Gasteiger partial charge in [-0.3, -0.25) is 0 Å². The van der Waals surface area contributed by atoms with E-state index in [9.17, 15) is 0 Å². The average Bonchev–Trinajstić information content (AvgIpc) is 3.25. The monoisotopic (exact) mass is 276 g/mol. The second-order valence-electron chi connectivity index (χ2n) is 5.99. The van der Waals surface area contributed by atoms with E-state index in [4.69, 9.17) is 0 Å². The van der Waals surface area contributed by atoms with E-state index < -0.39 is 0 Å². The number of nitrogens with one attached hydrogen (secondary N) is 1. The van der Waals surface area contributed by atoms with Crippen LogP contribution in [0.15, 0.2) is 60.9 Å². The third kappa shape index (κ3) is 2.86. The maximum absolute atomic E-state index is 3.57. The van der Waals surface area contributed by atoms with Crippen LogP contribution in [0.2, 0.25) is 0 Å². The molecule has 2 heteroatoms. The van der Waals surface area contributed by atoms with Gasteiger partial charge in [-0.2, -0.15) is 0 Å². The molecule has 1 aromatic heterocycles. The van der Waals surface area contributed by atoms with Crippen molar-refractivity contribution >= 4 is 10.8 Å². The van der Waals surface area contributed by atoms with Crippen LogP contribution in [0.5, 0.6) is 0 Å². The zero-order valence-electron chi connectivity index (χ0n) is 12.1. The fourth-order valence-electron chi connectivity index (χ4n) is 2.87. The van der Waals surface area contributed by atoms with Gasteiger partial charge in [0, 0.05) is 31.5 Å². The van der Waals surface area contributed by atoms with Crippen LogP contribution in [0, 0.1) is 0 Å². The lowest BCUT2D eigenvalue weighted by atomic mass is 10.0. The van der Waals surface area contributed by atoms with Gasteiger partial charge in [-0.15, -0.1) is 0 Å². The molecule has 0 spiro atoms. The molecule has 1 aliphatic rings. The second-order valence-corrected chi connectivity index (χ2v) is 5.99. The largest absolute Gasteiger partial charge is 0.350 e. The Morgan fingerprint density at radius 3 is 2.76 bits per heavy atom. The lowest BCUT2D eigenvalue weighted by Gasteiger charge is -2.07. The molecule has 0 amide bonds. The van der Waals surface area contributed by atoms with E-state index in [0.29, 0.717) is 0 Å². The summed E-state index contributed by atoms with van der Waals surface area (Å²) < 4.78 is 2.28. The van der Waals surface area contributed by atoms with E-state index in [2.05, 4.69) is 70.8 Å². The van der Waals surface area contributed by atoms with E-state index in [-0.39, 0.29) is 0 Å². The molecule has 0 saturated heterocycles. The van der Waals surface area contributed by atoms with Crippen LogP contribution in [0.4, 0.5) is 0 Å². The van der Waals surface area contributed by atoms with Crippen molar-refractivity contribution in [2.75, 3.05) is 0 Å². The molecule has 0 radical (unpaired) electrons. The van der Waals surface area contributed by atoms with Crippen molar-refractivity contribution in [2.45, 2.75) is 32.0 Å². The highest BCUT2D eigenvalue weighted by molar-refractivity contribution is 5.85. The molecule has 0 bridgehead atoms. The van der Waals surface area contributed by atoms with Crippen LogP contribution in [-0.4, -0.2) is 10.6 Å². The van der Waals surface area contributed by atoms with Gasteiger partial charge in [0.15, 0.2) is 0 Å². The zero-order chi connectivity index (χ0) is 14.1. The van der Waals surface area contributed by atoms with Gasteiger partial charge in [0.1, 0.15) is 0 Å². The predicted octanol–water partition coefficient (Wildman–Crippen LogP) is 3.94. The van der Waals surface area contributed by atoms with Gasteiger partial charge in [0.05, 0.1) is 0 Å². The van der Waals surface area contributed by atoms with Crippen molar-refractivity contribution in [2.24, 2.45) is 0 Å². The van der Waals surface area contributed by atoms with Gasteiger partial charge in [0.2, 0.25) is 0 Å². The van der Waals surface area contributed by atoms with E-state index in [1.807, 2.05) is 0 Å². The Morgan fingerprint density at radius 1 is 1.00 bits per heavy atom. The first-order chi connectivity index (χ1) is 10.4. The summed E-state index contributed by atoms with van der Waals surface area (Å²) in [6.07, 6.45) is 7.14. The molecular weight excluding hydrogens is 256 g/mol. The summed E-state index contributed by atoms with van der Waals surface area (Å²) in [5.41, 5.74) is 2.76. The normalized spacial score (nSPS) is 14.7. The Kier molecular flexibility index (Phi) is 3.24. The average molecular weight is 276 g/mol. The summed E-state index contributed by atoms with van der Waals surface area (Å²) in [7, 11) is 0. The summed E-state index contributed by atoms with van der Waals surface area (Å²) in [5, 5.41) is 6.24. The highest BCUT2D eigenvalue weighted by Gasteiger charge is 2.19. The van der Waals surface area contributed by atoms with Crippen LogP contribution in [-0.2, 0) is 13.1 Å². The molecule has 2 nitrogen and oxygen atoms in total. The molecule has 1 aliphatic carbocycles. The van der Waals surface area contributed by atoms with Gasteiger partial charge in [-0.05, 0) is 40.8 Å². The van der Waals surface area contributed by atoms with Crippen molar-refractivity contribution in [3.63, 3.8) is 0 Å². The van der Waals surface area contributed by atoms with Crippen LogP contribution in [0.1, 0.15) is 24.0 Å². The first-order valence-electron chi connectivity index (χ1n) is 7.73. The van der Waals surface area contributed by atoms with Gasteiger partial charge in [0.25, 0.3) is 0 Å². The first kappa shape index (κ1) is 12.7. The number of benzene rings is 2. The van der Waals surface area contributed by atoms with Crippen LogP contribution >= 0.6 is 0 Å². The Bertz CT molecular complexity index is 748. The van der Waals surface area contributed by atoms with Gasteiger partial charge in [-0.1, -0.05) is 42.5 Å². The second kappa shape index (κ2) is 5.38. The van der Waals surface area contributed by atoms with E-state index in [1.54, 1.807) is 0 Å². The summed E-state index contributed by atoms with van der Waals surface area (Å²) in [6.45, 7) is 1.93. The Labute approximate surface area is 125 Å². The standard InChI is InChI=1S/C19H20N2/c1-2-7-19-16(4-1)5-3-6-17(19)14-21-11-10-15(13-21)12-20-18-8-9-18/h1-7,10-11,13,18,20H,8-9,12,14H2. The van der Waals surface area contributed by atoms with Crippen molar-refractivity contribution in [1.29, 1.82) is 0 Å². The summed E-state index contributed by atoms with van der Waals surface area (Å²) in [6, 6.07) is 18.2. The summed E-state index contributed by atoms with van der Waals surface area (Å²) in [5.74, 6) is 0. The topological polar surface area (TPSA) is 17.0 Å². The molecule has 4 rings (SSSR count). The van der Waals surface area contributed by atoms with Crippen LogP contribution < -0.4 is 5.32 Å². The maximum Gasteiger partial charge on any atom is 0.0476 e. The summed E-state index contributed by atoms with van der Waals surface area (Å²) in [4.78, 5) is 0. The number of hydrogen-bond donors (Lipinski definition) is 1. The maximum atomic E-state index is 3.57. The zero-order valence-corrected chi connectivity index (χ0v) is 12.1. The number of rotatable bonds is 5. The Hall–Kier alpha value is -2.06. The predicted molar refractivity (Wildman–Crippen MR) is 87.3 cm³/mol. The van der Waals surface area contributed by atoms with Crippen LogP contribution in [0.3, 0.4) is 0 Å². The molecule has 21 heavy (non-hydrogen) atoms. The smallest absolute Gasteiger partial charge is 0.0476 e. The lowest BCUT2D eigenvalue weighted by molar-refractivity contribution is 0.685. The van der Waals surface area contributed by atoms with Gasteiger partial charge in [-0.25, -0.2) is 0 Å². The Balaban J connectivity index is 1.53. The Morgan fingerprint density at radius 2 is 1.86 bits per heavy atom.